The predicted octanol–water partition coefficient (Wildman–Crippen LogP) is 2.89. The average Bonchev–Trinajstić information content (AvgIpc) is 2.86. The maximum absolute atomic E-state index is 4.82. The number of benzene rings is 1. The van der Waals surface area contributed by atoms with Crippen LogP contribution in [0.5, 0.6) is 0 Å². The monoisotopic (exact) mass is 269 g/mol. The molecule has 0 fully saturated rings. The molecular weight excluding hydrogens is 246 g/mol. The minimum atomic E-state index is 0.523. The summed E-state index contributed by atoms with van der Waals surface area (Å²) >= 11 is 0. The molecule has 1 aliphatic rings. The fraction of sp³-hybridized carbons (Fsp3) is 0.471. The third kappa shape index (κ3) is 2.50. The van der Waals surface area contributed by atoms with Crippen molar-refractivity contribution < 1.29 is 0 Å². The van der Waals surface area contributed by atoms with E-state index in [9.17, 15) is 0 Å². The summed E-state index contributed by atoms with van der Waals surface area (Å²) < 4.78 is 2.47. The first kappa shape index (κ1) is 13.4. The van der Waals surface area contributed by atoms with Gasteiger partial charge in [-0.1, -0.05) is 44.2 Å². The second kappa shape index (κ2) is 5.80. The summed E-state index contributed by atoms with van der Waals surface area (Å²) in [6.45, 7) is 7.54. The molecule has 0 bridgehead atoms. The Morgan fingerprint density at radius 2 is 2.10 bits per heavy atom. The second-order valence-corrected chi connectivity index (χ2v) is 5.62. The maximum Gasteiger partial charge on any atom is 0.108 e. The van der Waals surface area contributed by atoms with E-state index in [1.165, 1.54) is 22.8 Å². The molecule has 0 saturated heterocycles. The number of hydrogen-bond acceptors (Lipinski definition) is 2. The Morgan fingerprint density at radius 3 is 2.85 bits per heavy atom. The maximum atomic E-state index is 4.82. The first-order chi connectivity index (χ1) is 9.79. The third-order valence-electron chi connectivity index (χ3n) is 4.21. The van der Waals surface area contributed by atoms with Crippen molar-refractivity contribution in [1.29, 1.82) is 0 Å². The van der Waals surface area contributed by atoms with Gasteiger partial charge >= 0.3 is 0 Å². The molecule has 1 aliphatic heterocycles. The molecule has 106 valence electrons. The average molecular weight is 269 g/mol. The van der Waals surface area contributed by atoms with Gasteiger partial charge in [0.25, 0.3) is 0 Å². The highest BCUT2D eigenvalue weighted by molar-refractivity contribution is 5.23. The summed E-state index contributed by atoms with van der Waals surface area (Å²) in [7, 11) is 0. The van der Waals surface area contributed by atoms with Gasteiger partial charge in [0.05, 0.1) is 5.69 Å². The van der Waals surface area contributed by atoms with Crippen molar-refractivity contribution in [2.45, 2.75) is 45.7 Å². The van der Waals surface area contributed by atoms with Gasteiger partial charge in [0.1, 0.15) is 5.82 Å². The first-order valence-corrected chi connectivity index (χ1v) is 7.62. The molecule has 1 aromatic heterocycles. The van der Waals surface area contributed by atoms with Crippen LogP contribution in [0.2, 0.25) is 0 Å². The number of aryl methyl sites for hydroxylation is 1. The van der Waals surface area contributed by atoms with Gasteiger partial charge in [0.15, 0.2) is 0 Å². The molecule has 2 aromatic rings. The molecule has 20 heavy (non-hydrogen) atoms. The van der Waals surface area contributed by atoms with Gasteiger partial charge in [-0.3, -0.25) is 0 Å². The van der Waals surface area contributed by atoms with Crippen LogP contribution in [-0.4, -0.2) is 16.1 Å². The summed E-state index contributed by atoms with van der Waals surface area (Å²) in [5.41, 5.74) is 4.11. The van der Waals surface area contributed by atoms with E-state index in [4.69, 9.17) is 4.98 Å². The van der Waals surface area contributed by atoms with Crippen LogP contribution < -0.4 is 5.32 Å². The van der Waals surface area contributed by atoms with Crippen LogP contribution in [-0.2, 0) is 25.9 Å². The number of fused-ring (bicyclic) bond motifs is 1. The van der Waals surface area contributed by atoms with Crippen LogP contribution in [0.25, 0.3) is 0 Å². The van der Waals surface area contributed by atoms with E-state index < -0.39 is 0 Å². The number of nitrogens with zero attached hydrogens (tertiary/aromatic N) is 2. The van der Waals surface area contributed by atoms with E-state index in [0.717, 1.165) is 32.5 Å². The smallest absolute Gasteiger partial charge is 0.108 e. The fourth-order valence-electron chi connectivity index (χ4n) is 3.07. The largest absolute Gasteiger partial charge is 0.331 e. The number of aromatic nitrogens is 2. The molecule has 0 aliphatic carbocycles. The molecule has 1 atom stereocenters. The Balaban J connectivity index is 1.88. The van der Waals surface area contributed by atoms with Crippen LogP contribution in [0.3, 0.4) is 0 Å². The van der Waals surface area contributed by atoms with Crippen molar-refractivity contribution in [2.24, 2.45) is 0 Å². The minimum Gasteiger partial charge on any atom is -0.331 e. The third-order valence-corrected chi connectivity index (χ3v) is 4.21. The molecule has 1 aromatic carbocycles. The van der Waals surface area contributed by atoms with Crippen molar-refractivity contribution in [2.75, 3.05) is 6.54 Å². The Kier molecular flexibility index (Phi) is 3.88. The van der Waals surface area contributed by atoms with Gasteiger partial charge in [-0.2, -0.15) is 0 Å². The molecule has 3 rings (SSSR count). The highest BCUT2D eigenvalue weighted by Gasteiger charge is 2.20. The van der Waals surface area contributed by atoms with Crippen molar-refractivity contribution in [3.05, 3.63) is 53.1 Å². The van der Waals surface area contributed by atoms with Crippen LogP contribution in [0.1, 0.15) is 42.5 Å². The van der Waals surface area contributed by atoms with E-state index in [2.05, 4.69) is 54.1 Å². The number of nitrogens with one attached hydrogen (secondary N) is 1. The topological polar surface area (TPSA) is 29.9 Å². The van der Waals surface area contributed by atoms with Crippen molar-refractivity contribution >= 4 is 0 Å². The van der Waals surface area contributed by atoms with Gasteiger partial charge in [-0.05, 0) is 11.5 Å². The molecule has 0 spiro atoms. The van der Waals surface area contributed by atoms with Crippen molar-refractivity contribution in [3.63, 3.8) is 0 Å². The second-order valence-electron chi connectivity index (χ2n) is 5.62. The van der Waals surface area contributed by atoms with E-state index in [0.29, 0.717) is 5.92 Å². The summed E-state index contributed by atoms with van der Waals surface area (Å²) in [5, 5.41) is 3.41. The zero-order chi connectivity index (χ0) is 13.9. The lowest BCUT2D eigenvalue weighted by Gasteiger charge is -2.19. The Hall–Kier alpha value is -1.61. The summed E-state index contributed by atoms with van der Waals surface area (Å²) in [5.74, 6) is 1.76. The quantitative estimate of drug-likeness (QED) is 0.925. The molecule has 0 amide bonds. The van der Waals surface area contributed by atoms with Crippen molar-refractivity contribution in [3.8, 4) is 0 Å². The Morgan fingerprint density at radius 1 is 1.30 bits per heavy atom. The standard InChI is InChI=1S/C17H23N3/c1-3-17-19-15-11-18-10-9-16(15)20(17)12-13(2)14-7-5-4-6-8-14/h4-8,13,18H,3,9-12H2,1-2H3. The van der Waals surface area contributed by atoms with Gasteiger partial charge in [0, 0.05) is 38.2 Å². The van der Waals surface area contributed by atoms with Crippen LogP contribution >= 0.6 is 0 Å². The van der Waals surface area contributed by atoms with Crippen molar-refractivity contribution in [1.82, 2.24) is 14.9 Å². The summed E-state index contributed by atoms with van der Waals surface area (Å²) in [6.07, 6.45) is 2.11. The Bertz CT molecular complexity index is 571. The molecular formula is C17H23N3. The van der Waals surface area contributed by atoms with Gasteiger partial charge < -0.3 is 9.88 Å². The van der Waals surface area contributed by atoms with E-state index in [-0.39, 0.29) is 0 Å². The molecule has 1 N–H and O–H groups in total. The van der Waals surface area contributed by atoms with E-state index >= 15 is 0 Å². The van der Waals surface area contributed by atoms with Gasteiger partial charge in [-0.15, -0.1) is 0 Å². The lowest BCUT2D eigenvalue weighted by atomic mass is 10.0. The van der Waals surface area contributed by atoms with E-state index in [1.807, 2.05) is 0 Å². The Labute approximate surface area is 121 Å². The van der Waals surface area contributed by atoms with Crippen LogP contribution in [0.4, 0.5) is 0 Å². The lowest BCUT2D eigenvalue weighted by molar-refractivity contribution is 0.536. The molecule has 0 radical (unpaired) electrons. The SMILES string of the molecule is CCc1nc2c(n1CC(C)c1ccccc1)CCNC2. The predicted molar refractivity (Wildman–Crippen MR) is 81.9 cm³/mol. The number of imidazole rings is 1. The van der Waals surface area contributed by atoms with Gasteiger partial charge in [0.2, 0.25) is 0 Å². The number of hydrogen-bond donors (Lipinski definition) is 1. The zero-order valence-electron chi connectivity index (χ0n) is 12.4. The molecule has 3 nitrogen and oxygen atoms in total. The highest BCUT2D eigenvalue weighted by Crippen LogP contribution is 2.22. The highest BCUT2D eigenvalue weighted by atomic mass is 15.1. The summed E-state index contributed by atoms with van der Waals surface area (Å²) in [6, 6.07) is 10.8. The van der Waals surface area contributed by atoms with Crippen LogP contribution in [0, 0.1) is 0 Å². The van der Waals surface area contributed by atoms with Gasteiger partial charge in [-0.25, -0.2) is 4.98 Å². The number of rotatable bonds is 4. The fourth-order valence-corrected chi connectivity index (χ4v) is 3.07. The first-order valence-electron chi connectivity index (χ1n) is 7.62. The molecule has 3 heteroatoms. The van der Waals surface area contributed by atoms with E-state index in [1.54, 1.807) is 0 Å². The minimum absolute atomic E-state index is 0.523. The molecule has 0 saturated carbocycles. The normalized spacial score (nSPS) is 15.9. The summed E-state index contributed by atoms with van der Waals surface area (Å²) in [4.78, 5) is 4.82. The molecule has 2 heterocycles. The van der Waals surface area contributed by atoms with Crippen LogP contribution in [0.15, 0.2) is 30.3 Å². The lowest BCUT2D eigenvalue weighted by Crippen LogP contribution is -2.25. The zero-order valence-corrected chi connectivity index (χ0v) is 12.4. The molecule has 1 unspecified atom stereocenters.